The summed E-state index contributed by atoms with van der Waals surface area (Å²) < 4.78 is 4.61. The van der Waals surface area contributed by atoms with Gasteiger partial charge in [0.25, 0.3) is 0 Å². The van der Waals surface area contributed by atoms with E-state index in [0.29, 0.717) is 19.4 Å². The summed E-state index contributed by atoms with van der Waals surface area (Å²) in [7, 11) is 0. The van der Waals surface area contributed by atoms with Crippen molar-refractivity contribution in [3.05, 3.63) is 6.42 Å². The maximum absolute atomic E-state index is 10.2. The Morgan fingerprint density at radius 1 is 1.54 bits per heavy atom. The van der Waals surface area contributed by atoms with Crippen molar-refractivity contribution in [1.82, 2.24) is 0 Å². The number of rotatable bonds is 2. The molecule has 0 aromatic carbocycles. The Balaban J connectivity index is 0. The van der Waals surface area contributed by atoms with Crippen LogP contribution in [0.3, 0.4) is 0 Å². The van der Waals surface area contributed by atoms with Crippen molar-refractivity contribution in [1.29, 1.82) is 0 Å². The average Bonchev–Trinajstić information content (AvgIpc) is 2.14. The van der Waals surface area contributed by atoms with Crippen LogP contribution in [0.15, 0.2) is 0 Å². The summed E-state index contributed by atoms with van der Waals surface area (Å²) in [6, 6.07) is 0. The van der Waals surface area contributed by atoms with Crippen LogP contribution in [0.2, 0.25) is 0 Å². The van der Waals surface area contributed by atoms with Gasteiger partial charge in [-0.15, -0.1) is 0 Å². The number of ether oxygens (including phenoxy) is 1. The third-order valence-corrected chi connectivity index (χ3v) is 0.834. The van der Waals surface area contributed by atoms with Gasteiger partial charge in [0, 0.05) is 19.8 Å². The fourth-order valence-electron chi connectivity index (χ4n) is 0.441. The number of carbonyl (C=O) groups is 1. The second kappa shape index (κ2) is 14.2. The Hall–Kier alpha value is -0.307. The van der Waals surface area contributed by atoms with Crippen LogP contribution in [-0.4, -0.2) is 12.6 Å². The predicted molar refractivity (Wildman–Crippen MR) is 49.7 cm³/mol. The average molecular weight is 294 g/mol. The molecule has 0 atom stereocenters. The van der Waals surface area contributed by atoms with Gasteiger partial charge in [-0.2, -0.15) is 0 Å². The van der Waals surface area contributed by atoms with Gasteiger partial charge in [0.05, 0.1) is 0 Å². The van der Waals surface area contributed by atoms with Crippen LogP contribution in [0.1, 0.15) is 19.8 Å². The second-order valence-electron chi connectivity index (χ2n) is 1.80. The second-order valence-corrected chi connectivity index (χ2v) is 1.80. The minimum atomic E-state index is -0.287. The Morgan fingerprint density at radius 2 is 2.15 bits per heavy atom. The molecule has 0 aromatic heterocycles. The summed E-state index contributed by atoms with van der Waals surface area (Å²) in [5.41, 5.74) is 0. The number of carbonyl (C=O) groups excluding carboxylic acids is 1. The van der Waals surface area contributed by atoms with Gasteiger partial charge < -0.3 is 17.1 Å². The molecule has 0 aliphatic rings. The molecule has 2 nitrogen and oxygen atoms in total. The topological polar surface area (TPSA) is 26.3 Å². The molecule has 0 saturated carbocycles. The van der Waals surface area contributed by atoms with Crippen molar-refractivity contribution in [2.24, 2.45) is 0 Å². The van der Waals surface area contributed by atoms with Crippen molar-refractivity contribution >= 4 is 19.6 Å². The summed E-state index contributed by atoms with van der Waals surface area (Å²) in [5, 5.41) is 0. The Morgan fingerprint density at radius 3 is 2.62 bits per heavy atom. The first-order valence-corrected chi connectivity index (χ1v) is 10.5. The van der Waals surface area contributed by atoms with Crippen molar-refractivity contribution < 1.29 is 25.9 Å². The number of hydrogen-bond donors (Lipinski definition) is 0. The Labute approximate surface area is 95.8 Å². The molecule has 0 spiro atoms. The third kappa shape index (κ3) is 18.6. The number of esters is 1. The van der Waals surface area contributed by atoms with E-state index in [9.17, 15) is 4.79 Å². The molecule has 66 valence electrons. The van der Waals surface area contributed by atoms with E-state index in [2.05, 4.69) is 36.1 Å². The molecule has 0 saturated heterocycles. The van der Waals surface area contributed by atoms with Gasteiger partial charge in [-0.1, -0.05) is 11.8 Å². The summed E-state index contributed by atoms with van der Waals surface area (Å²) >= 11 is 4.25. The molecule has 0 rings (SSSR count). The maximum atomic E-state index is 10.2. The molecule has 0 N–H and O–H groups in total. The zero-order chi connectivity index (χ0) is 10.5. The number of hydrogen-bond acceptors (Lipinski definition) is 2. The molecule has 0 aliphatic heterocycles. The SMILES string of the molecule is [C-]#CCC#CCCOC(C)=O.[Zn+][Br]. The minimum absolute atomic E-state index is 0.287. The van der Waals surface area contributed by atoms with Gasteiger partial charge in [0.15, 0.2) is 0 Å². The molecule has 0 amide bonds. The Kier molecular flexibility index (Phi) is 16.6. The van der Waals surface area contributed by atoms with Crippen LogP contribution in [0.5, 0.6) is 0 Å². The van der Waals surface area contributed by atoms with Crippen molar-refractivity contribution in [2.45, 2.75) is 19.8 Å². The third-order valence-electron chi connectivity index (χ3n) is 0.834. The van der Waals surface area contributed by atoms with Gasteiger partial charge in [0.1, 0.15) is 6.61 Å². The fraction of sp³-hybridized carbons (Fsp3) is 0.444. The summed E-state index contributed by atoms with van der Waals surface area (Å²) in [6.45, 7) is 1.69. The van der Waals surface area contributed by atoms with Crippen LogP contribution in [-0.2, 0) is 25.9 Å². The first-order valence-electron chi connectivity index (χ1n) is 3.52. The molecule has 0 aromatic rings. The van der Waals surface area contributed by atoms with Crippen LogP contribution < -0.4 is 0 Å². The van der Waals surface area contributed by atoms with Gasteiger partial charge in [-0.3, -0.25) is 4.79 Å². The van der Waals surface area contributed by atoms with Gasteiger partial charge in [-0.05, 0) is 0 Å². The van der Waals surface area contributed by atoms with Crippen molar-refractivity contribution in [3.8, 4) is 17.8 Å². The molecule has 0 fully saturated rings. The molecule has 0 heterocycles. The first kappa shape index (κ1) is 15.2. The predicted octanol–water partition coefficient (Wildman–Crippen LogP) is 1.77. The standard InChI is InChI=1S/C9H9O2.BrH.Zn/c1-3-4-5-6-7-8-11-9(2)10;;/h4,7-8H2,2H3;1H;/q-1;;+2/p-1. The van der Waals surface area contributed by atoms with E-state index in [0.717, 1.165) is 0 Å². The zero-order valence-electron chi connectivity index (χ0n) is 7.52. The molecule has 0 unspecified atom stereocenters. The molecular weight excluding hydrogens is 285 g/mol. The van der Waals surface area contributed by atoms with E-state index in [1.165, 1.54) is 23.3 Å². The summed E-state index contributed by atoms with van der Waals surface area (Å²) in [4.78, 5) is 10.2. The van der Waals surface area contributed by atoms with Gasteiger partial charge >= 0.3 is 35.9 Å². The fourth-order valence-corrected chi connectivity index (χ4v) is 0.441. The van der Waals surface area contributed by atoms with Gasteiger partial charge in [-0.25, -0.2) is 0 Å². The molecule has 0 radical (unpaired) electrons. The monoisotopic (exact) mass is 292 g/mol. The Bertz CT molecular complexity index is 222. The van der Waals surface area contributed by atoms with E-state index in [1.807, 2.05) is 0 Å². The quantitative estimate of drug-likeness (QED) is 0.255. The van der Waals surface area contributed by atoms with Crippen molar-refractivity contribution in [2.75, 3.05) is 6.61 Å². The molecule has 13 heavy (non-hydrogen) atoms. The summed E-state index contributed by atoms with van der Waals surface area (Å²) in [5.74, 6) is 7.25. The van der Waals surface area contributed by atoms with E-state index >= 15 is 0 Å². The zero-order valence-corrected chi connectivity index (χ0v) is 12.1. The van der Waals surface area contributed by atoms with Crippen LogP contribution in [0.25, 0.3) is 0 Å². The molecule has 0 bridgehead atoms. The molecular formula is C9H9BrO2Zn. The van der Waals surface area contributed by atoms with Gasteiger partial charge in [0.2, 0.25) is 0 Å². The molecule has 4 heteroatoms. The summed E-state index contributed by atoms with van der Waals surface area (Å²) in [6.07, 6.45) is 7.39. The number of halogens is 1. The first-order chi connectivity index (χ1) is 6.27. The molecule has 0 aliphatic carbocycles. The van der Waals surface area contributed by atoms with Crippen LogP contribution >= 0.6 is 13.6 Å². The van der Waals surface area contributed by atoms with Crippen LogP contribution in [0.4, 0.5) is 0 Å². The van der Waals surface area contributed by atoms with E-state index in [4.69, 9.17) is 6.42 Å². The van der Waals surface area contributed by atoms with Crippen LogP contribution in [0, 0.1) is 24.2 Å². The van der Waals surface area contributed by atoms with E-state index < -0.39 is 0 Å². The van der Waals surface area contributed by atoms with E-state index in [1.54, 1.807) is 0 Å². The van der Waals surface area contributed by atoms with E-state index in [-0.39, 0.29) is 5.97 Å². The normalized spacial score (nSPS) is 6.69. The van der Waals surface area contributed by atoms with Crippen molar-refractivity contribution in [3.63, 3.8) is 0 Å².